The van der Waals surface area contributed by atoms with E-state index in [2.05, 4.69) is 20.4 Å². The summed E-state index contributed by atoms with van der Waals surface area (Å²) in [6.45, 7) is 5.22. The SMILES string of the molecule is CC(=O)Nc1nn(CCOC(C)=O)c2nc(C)c(-c3ccncc3)cc12. The molecule has 26 heavy (non-hydrogen) atoms. The fraction of sp³-hybridized carbons (Fsp3) is 0.278. The summed E-state index contributed by atoms with van der Waals surface area (Å²) in [5.74, 6) is -0.145. The molecule has 1 N–H and O–H groups in total. The third kappa shape index (κ3) is 3.69. The Balaban J connectivity index is 2.08. The van der Waals surface area contributed by atoms with Crippen molar-refractivity contribution in [2.75, 3.05) is 11.9 Å². The Labute approximate surface area is 150 Å². The molecule has 0 atom stereocenters. The monoisotopic (exact) mass is 353 g/mol. The molecule has 0 saturated carbocycles. The van der Waals surface area contributed by atoms with Gasteiger partial charge in [-0.15, -0.1) is 0 Å². The van der Waals surface area contributed by atoms with Crippen LogP contribution in [0.4, 0.5) is 5.82 Å². The lowest BCUT2D eigenvalue weighted by Crippen LogP contribution is -2.11. The molecule has 8 heteroatoms. The van der Waals surface area contributed by atoms with Crippen LogP contribution in [-0.2, 0) is 20.9 Å². The smallest absolute Gasteiger partial charge is 0.302 e. The number of rotatable bonds is 5. The van der Waals surface area contributed by atoms with Gasteiger partial charge in [-0.05, 0) is 30.7 Å². The molecule has 0 saturated heterocycles. The number of amides is 1. The largest absolute Gasteiger partial charge is 0.464 e. The molecule has 0 unspecified atom stereocenters. The van der Waals surface area contributed by atoms with Gasteiger partial charge in [0.2, 0.25) is 5.91 Å². The van der Waals surface area contributed by atoms with E-state index in [9.17, 15) is 9.59 Å². The Morgan fingerprint density at radius 3 is 2.62 bits per heavy atom. The van der Waals surface area contributed by atoms with E-state index in [0.29, 0.717) is 18.0 Å². The molecule has 134 valence electrons. The van der Waals surface area contributed by atoms with Crippen LogP contribution in [0.1, 0.15) is 19.5 Å². The van der Waals surface area contributed by atoms with Crippen LogP contribution in [0.2, 0.25) is 0 Å². The predicted octanol–water partition coefficient (Wildman–Crippen LogP) is 2.32. The van der Waals surface area contributed by atoms with Crippen LogP contribution < -0.4 is 5.32 Å². The number of aromatic nitrogens is 4. The Kier molecular flexibility index (Phi) is 4.92. The normalized spacial score (nSPS) is 10.7. The minimum atomic E-state index is -0.354. The summed E-state index contributed by atoms with van der Waals surface area (Å²) in [4.78, 5) is 31.2. The molecule has 0 bridgehead atoms. The molecule has 1 amide bonds. The second-order valence-corrected chi connectivity index (χ2v) is 5.82. The van der Waals surface area contributed by atoms with Gasteiger partial charge in [0.25, 0.3) is 0 Å². The second kappa shape index (κ2) is 7.30. The van der Waals surface area contributed by atoms with Gasteiger partial charge < -0.3 is 10.1 Å². The van der Waals surface area contributed by atoms with E-state index in [1.54, 1.807) is 17.1 Å². The van der Waals surface area contributed by atoms with Crippen molar-refractivity contribution < 1.29 is 14.3 Å². The number of hydrogen-bond acceptors (Lipinski definition) is 6. The highest BCUT2D eigenvalue weighted by Crippen LogP contribution is 2.29. The van der Waals surface area contributed by atoms with Gasteiger partial charge in [-0.25, -0.2) is 9.67 Å². The molecule has 0 fully saturated rings. The van der Waals surface area contributed by atoms with Crippen molar-refractivity contribution in [2.45, 2.75) is 27.3 Å². The summed E-state index contributed by atoms with van der Waals surface area (Å²) in [6, 6.07) is 5.76. The summed E-state index contributed by atoms with van der Waals surface area (Å²) in [7, 11) is 0. The Bertz CT molecular complexity index is 966. The molecule has 0 aliphatic carbocycles. The van der Waals surface area contributed by atoms with E-state index in [4.69, 9.17) is 4.74 Å². The number of esters is 1. The van der Waals surface area contributed by atoms with Crippen LogP contribution in [0.5, 0.6) is 0 Å². The number of carbonyl (C=O) groups excluding carboxylic acids is 2. The third-order valence-corrected chi connectivity index (χ3v) is 3.81. The van der Waals surface area contributed by atoms with Crippen LogP contribution in [0.15, 0.2) is 30.6 Å². The number of nitrogens with one attached hydrogen (secondary N) is 1. The summed E-state index contributed by atoms with van der Waals surface area (Å²) >= 11 is 0. The van der Waals surface area contributed by atoms with Gasteiger partial charge in [-0.2, -0.15) is 5.10 Å². The number of fused-ring (bicyclic) bond motifs is 1. The van der Waals surface area contributed by atoms with E-state index >= 15 is 0 Å². The molecular formula is C18H19N5O3. The number of ether oxygens (including phenoxy) is 1. The zero-order chi connectivity index (χ0) is 18.7. The average Bonchev–Trinajstić information content (AvgIpc) is 2.90. The minimum absolute atomic E-state index is 0.179. The molecule has 0 aliphatic rings. The van der Waals surface area contributed by atoms with Crippen molar-refractivity contribution in [3.63, 3.8) is 0 Å². The summed E-state index contributed by atoms with van der Waals surface area (Å²) in [5, 5.41) is 7.88. The standard InChI is InChI=1S/C18H19N5O3/c1-11-15(14-4-6-19-7-5-14)10-16-17(21-12(2)24)22-23(18(16)20-11)8-9-26-13(3)25/h4-7,10H,8-9H2,1-3H3,(H,21,22,24). The first-order valence-corrected chi connectivity index (χ1v) is 8.15. The first-order chi connectivity index (χ1) is 12.5. The fourth-order valence-corrected chi connectivity index (χ4v) is 2.70. The molecule has 3 aromatic heterocycles. The lowest BCUT2D eigenvalue weighted by molar-refractivity contribution is -0.141. The molecule has 0 aliphatic heterocycles. The number of carbonyl (C=O) groups is 2. The van der Waals surface area contributed by atoms with E-state index in [0.717, 1.165) is 22.2 Å². The zero-order valence-electron chi connectivity index (χ0n) is 14.8. The van der Waals surface area contributed by atoms with Crippen LogP contribution in [0.25, 0.3) is 22.2 Å². The van der Waals surface area contributed by atoms with Crippen molar-refractivity contribution in [2.24, 2.45) is 0 Å². The zero-order valence-corrected chi connectivity index (χ0v) is 14.8. The molecule has 0 aromatic carbocycles. The van der Waals surface area contributed by atoms with Gasteiger partial charge in [-0.1, -0.05) is 0 Å². The molecule has 3 heterocycles. The lowest BCUT2D eigenvalue weighted by atomic mass is 10.0. The second-order valence-electron chi connectivity index (χ2n) is 5.82. The van der Waals surface area contributed by atoms with Gasteiger partial charge in [0.1, 0.15) is 6.61 Å². The van der Waals surface area contributed by atoms with Crippen molar-refractivity contribution >= 4 is 28.7 Å². The number of pyridine rings is 2. The Morgan fingerprint density at radius 2 is 1.96 bits per heavy atom. The van der Waals surface area contributed by atoms with Crippen molar-refractivity contribution in [3.05, 3.63) is 36.3 Å². The third-order valence-electron chi connectivity index (χ3n) is 3.81. The Morgan fingerprint density at radius 1 is 1.23 bits per heavy atom. The summed E-state index contributed by atoms with van der Waals surface area (Å²) in [5.41, 5.74) is 3.36. The number of anilines is 1. The van der Waals surface area contributed by atoms with Gasteiger partial charge in [0, 0.05) is 37.5 Å². The van der Waals surface area contributed by atoms with E-state index in [-0.39, 0.29) is 18.5 Å². The highest BCUT2D eigenvalue weighted by atomic mass is 16.5. The molecular weight excluding hydrogens is 334 g/mol. The number of hydrogen-bond donors (Lipinski definition) is 1. The maximum atomic E-state index is 11.5. The first kappa shape index (κ1) is 17.5. The molecule has 0 radical (unpaired) electrons. The van der Waals surface area contributed by atoms with Crippen LogP contribution in [-0.4, -0.2) is 38.2 Å². The first-order valence-electron chi connectivity index (χ1n) is 8.15. The van der Waals surface area contributed by atoms with Gasteiger partial charge in [0.15, 0.2) is 11.5 Å². The fourth-order valence-electron chi connectivity index (χ4n) is 2.70. The summed E-state index contributed by atoms with van der Waals surface area (Å²) < 4.78 is 6.62. The van der Waals surface area contributed by atoms with Crippen LogP contribution in [0.3, 0.4) is 0 Å². The van der Waals surface area contributed by atoms with Crippen molar-refractivity contribution in [3.8, 4) is 11.1 Å². The van der Waals surface area contributed by atoms with Gasteiger partial charge >= 0.3 is 5.97 Å². The van der Waals surface area contributed by atoms with Crippen molar-refractivity contribution in [1.29, 1.82) is 0 Å². The number of aryl methyl sites for hydroxylation is 1. The number of nitrogens with zero attached hydrogens (tertiary/aromatic N) is 4. The van der Waals surface area contributed by atoms with E-state index in [1.807, 2.05) is 25.1 Å². The Hall–Kier alpha value is -3.29. The maximum Gasteiger partial charge on any atom is 0.302 e. The van der Waals surface area contributed by atoms with E-state index < -0.39 is 0 Å². The topological polar surface area (TPSA) is 99.0 Å². The highest BCUT2D eigenvalue weighted by Gasteiger charge is 2.16. The van der Waals surface area contributed by atoms with Gasteiger partial charge in [0.05, 0.1) is 11.9 Å². The highest BCUT2D eigenvalue weighted by molar-refractivity contribution is 5.99. The van der Waals surface area contributed by atoms with Crippen LogP contribution in [0, 0.1) is 6.92 Å². The summed E-state index contributed by atoms with van der Waals surface area (Å²) in [6.07, 6.45) is 3.44. The molecule has 3 rings (SSSR count). The maximum absolute atomic E-state index is 11.5. The van der Waals surface area contributed by atoms with Crippen molar-refractivity contribution in [1.82, 2.24) is 19.7 Å². The average molecular weight is 353 g/mol. The quantitative estimate of drug-likeness (QED) is 0.707. The van der Waals surface area contributed by atoms with E-state index in [1.165, 1.54) is 13.8 Å². The molecule has 8 nitrogen and oxygen atoms in total. The van der Waals surface area contributed by atoms with Crippen LogP contribution >= 0.6 is 0 Å². The predicted molar refractivity (Wildman–Crippen MR) is 96.4 cm³/mol. The minimum Gasteiger partial charge on any atom is -0.464 e. The van der Waals surface area contributed by atoms with Gasteiger partial charge in [-0.3, -0.25) is 14.6 Å². The lowest BCUT2D eigenvalue weighted by Gasteiger charge is -2.07. The molecule has 0 spiro atoms. The molecule has 3 aromatic rings.